The zero-order valence-corrected chi connectivity index (χ0v) is 14.2. The largest absolute Gasteiger partial charge is 0.518 e. The summed E-state index contributed by atoms with van der Waals surface area (Å²) in [5.41, 5.74) is -6.72. The molecule has 2 rings (SSSR count). The summed E-state index contributed by atoms with van der Waals surface area (Å²) in [7, 11) is -5.86. The molecule has 0 saturated carbocycles. The van der Waals surface area contributed by atoms with E-state index in [0.29, 0.717) is 11.2 Å². The van der Waals surface area contributed by atoms with Gasteiger partial charge in [-0.15, -0.1) is 0 Å². The Bertz CT molecular complexity index is 699. The number of fused-ring (bicyclic) bond motifs is 1. The van der Waals surface area contributed by atoms with Crippen LogP contribution in [0.5, 0.6) is 0 Å². The molecule has 2 unspecified atom stereocenters. The van der Waals surface area contributed by atoms with Crippen molar-refractivity contribution in [1.82, 2.24) is 9.42 Å². The number of halogens is 3. The zero-order valence-electron chi connectivity index (χ0n) is 13.4. The number of alkyl halides is 3. The Morgan fingerprint density at radius 2 is 1.88 bits per heavy atom. The molecule has 0 bridgehead atoms. The van der Waals surface area contributed by atoms with E-state index in [4.69, 9.17) is 4.74 Å². The van der Waals surface area contributed by atoms with Crippen LogP contribution in [0.25, 0.3) is 0 Å². The van der Waals surface area contributed by atoms with Crippen molar-refractivity contribution in [3.63, 3.8) is 0 Å². The molecule has 1 fully saturated rings. The molecule has 2 aliphatic heterocycles. The fourth-order valence-electron chi connectivity index (χ4n) is 2.50. The van der Waals surface area contributed by atoms with E-state index in [9.17, 15) is 31.2 Å². The van der Waals surface area contributed by atoms with E-state index < -0.39 is 50.9 Å². The summed E-state index contributed by atoms with van der Waals surface area (Å²) >= 11 is 0. The fraction of sp³-hybridized carbons (Fsp3) is 0.692. The lowest BCUT2D eigenvalue weighted by Gasteiger charge is -2.42. The smallest absolute Gasteiger partial charge is 0.438 e. The maximum absolute atomic E-state index is 12.9. The molecule has 11 heteroatoms. The second-order valence-electron chi connectivity index (χ2n) is 6.45. The molecule has 136 valence electrons. The van der Waals surface area contributed by atoms with Crippen LogP contribution in [0.1, 0.15) is 27.7 Å². The van der Waals surface area contributed by atoms with Gasteiger partial charge in [-0.1, -0.05) is 19.9 Å². The maximum Gasteiger partial charge on any atom is 0.518 e. The summed E-state index contributed by atoms with van der Waals surface area (Å²) in [5, 5.41) is 0.366. The number of carbonyl (C=O) groups is 2. The molecule has 1 amide bonds. The maximum atomic E-state index is 12.9. The molecule has 2 atom stereocenters. The van der Waals surface area contributed by atoms with Crippen molar-refractivity contribution < 1.29 is 35.9 Å². The standard InChI is InChI=1S/C13H17F3N2O5S/c1-7(2)9(19)18-10-8(12(3,4)11(20)23-10)5-6-17(18)24(21,22)13(14,15)16/h5-8,10H,1-4H3. The number of hydrogen-bond acceptors (Lipinski definition) is 5. The summed E-state index contributed by atoms with van der Waals surface area (Å²) in [5.74, 6) is -3.22. The normalized spacial score (nSPS) is 26.6. The van der Waals surface area contributed by atoms with Crippen LogP contribution in [-0.4, -0.2) is 41.5 Å². The van der Waals surface area contributed by atoms with Gasteiger partial charge in [0.05, 0.1) is 11.3 Å². The highest BCUT2D eigenvalue weighted by Crippen LogP contribution is 2.45. The zero-order chi connectivity index (χ0) is 18.7. The van der Waals surface area contributed by atoms with Gasteiger partial charge in [-0.25, -0.2) is 0 Å². The number of rotatable bonds is 2. The Kier molecular flexibility index (Phi) is 4.15. The lowest BCUT2D eigenvalue weighted by molar-refractivity contribution is -0.175. The highest BCUT2D eigenvalue weighted by atomic mass is 32.2. The first-order chi connectivity index (χ1) is 10.7. The van der Waals surface area contributed by atoms with Gasteiger partial charge in [0.2, 0.25) is 12.1 Å². The first-order valence-electron chi connectivity index (χ1n) is 7.06. The van der Waals surface area contributed by atoms with E-state index in [1.54, 1.807) is 0 Å². The lowest BCUT2D eigenvalue weighted by atomic mass is 9.79. The molecule has 0 aromatic heterocycles. The summed E-state index contributed by atoms with van der Waals surface area (Å²) in [6.07, 6.45) is 0.334. The average molecular weight is 370 g/mol. The quantitative estimate of drug-likeness (QED) is 0.690. The summed E-state index contributed by atoms with van der Waals surface area (Å²) in [4.78, 5) is 24.3. The molecule has 0 aliphatic carbocycles. The molecule has 2 aliphatic rings. The Hall–Kier alpha value is -1.78. The number of hydrogen-bond donors (Lipinski definition) is 0. The van der Waals surface area contributed by atoms with Crippen molar-refractivity contribution in [1.29, 1.82) is 0 Å². The third-order valence-corrected chi connectivity index (χ3v) is 5.40. The highest BCUT2D eigenvalue weighted by Gasteiger charge is 2.60. The van der Waals surface area contributed by atoms with E-state index in [2.05, 4.69) is 0 Å². The molecule has 0 aromatic carbocycles. The predicted molar refractivity (Wildman–Crippen MR) is 74.8 cm³/mol. The van der Waals surface area contributed by atoms with Gasteiger partial charge in [-0.05, 0) is 13.8 Å². The van der Waals surface area contributed by atoms with Crippen molar-refractivity contribution >= 4 is 21.9 Å². The van der Waals surface area contributed by atoms with Crippen molar-refractivity contribution in [3.05, 3.63) is 12.3 Å². The number of carbonyl (C=O) groups excluding carboxylic acids is 2. The summed E-state index contributed by atoms with van der Waals surface area (Å²) < 4.78 is 67.2. The molecule has 0 radical (unpaired) electrons. The van der Waals surface area contributed by atoms with Crippen molar-refractivity contribution in [2.75, 3.05) is 0 Å². The molecule has 0 aromatic rings. The monoisotopic (exact) mass is 370 g/mol. The van der Waals surface area contributed by atoms with E-state index >= 15 is 0 Å². The molecule has 2 heterocycles. The van der Waals surface area contributed by atoms with Gasteiger partial charge in [0.15, 0.2) is 0 Å². The Morgan fingerprint density at radius 1 is 1.33 bits per heavy atom. The molecular weight excluding hydrogens is 353 g/mol. The summed E-state index contributed by atoms with van der Waals surface area (Å²) in [6.45, 7) is 5.82. The third kappa shape index (κ3) is 2.54. The van der Waals surface area contributed by atoms with Gasteiger partial charge in [0.1, 0.15) is 0 Å². The van der Waals surface area contributed by atoms with E-state index in [1.165, 1.54) is 27.7 Å². The Labute approximate surface area is 137 Å². The van der Waals surface area contributed by atoms with Crippen molar-refractivity contribution in [2.45, 2.75) is 39.4 Å². The van der Waals surface area contributed by atoms with E-state index in [1.807, 2.05) is 0 Å². The van der Waals surface area contributed by atoms with Gasteiger partial charge in [0.25, 0.3) is 0 Å². The van der Waals surface area contributed by atoms with Crippen molar-refractivity contribution in [2.24, 2.45) is 17.3 Å². The number of ether oxygens (including phenoxy) is 1. The minimum atomic E-state index is -5.86. The predicted octanol–water partition coefficient (Wildman–Crippen LogP) is 1.59. The van der Waals surface area contributed by atoms with Crippen LogP contribution in [0.4, 0.5) is 13.2 Å². The van der Waals surface area contributed by atoms with E-state index in [0.717, 1.165) is 6.08 Å². The summed E-state index contributed by atoms with van der Waals surface area (Å²) in [6, 6.07) is 0. The molecule has 0 spiro atoms. The number of hydrazine groups is 1. The number of amides is 1. The average Bonchev–Trinajstić information content (AvgIpc) is 2.66. The Morgan fingerprint density at radius 3 is 2.33 bits per heavy atom. The minimum absolute atomic E-state index is 0.189. The van der Waals surface area contributed by atoms with Gasteiger partial charge in [-0.2, -0.15) is 31.0 Å². The van der Waals surface area contributed by atoms with Crippen LogP contribution in [0.2, 0.25) is 0 Å². The fourth-order valence-corrected chi connectivity index (χ4v) is 3.35. The minimum Gasteiger partial charge on any atom is -0.438 e. The number of sulfonamides is 1. The van der Waals surface area contributed by atoms with Gasteiger partial charge >= 0.3 is 21.5 Å². The third-order valence-electron chi connectivity index (χ3n) is 4.03. The van der Waals surface area contributed by atoms with Crippen LogP contribution in [0.3, 0.4) is 0 Å². The van der Waals surface area contributed by atoms with Crippen LogP contribution in [0.15, 0.2) is 12.3 Å². The first-order valence-corrected chi connectivity index (χ1v) is 8.50. The van der Waals surface area contributed by atoms with Crippen LogP contribution in [-0.2, 0) is 24.3 Å². The van der Waals surface area contributed by atoms with Gasteiger partial charge < -0.3 is 4.74 Å². The number of nitrogens with zero attached hydrogens (tertiary/aromatic N) is 2. The molecular formula is C13H17F3N2O5S. The molecule has 0 N–H and O–H groups in total. The second-order valence-corrected chi connectivity index (χ2v) is 8.23. The van der Waals surface area contributed by atoms with Crippen molar-refractivity contribution in [3.8, 4) is 0 Å². The van der Waals surface area contributed by atoms with Gasteiger partial charge in [0, 0.05) is 12.1 Å². The first kappa shape index (κ1) is 18.6. The number of esters is 1. The molecule has 1 saturated heterocycles. The SMILES string of the molecule is CC(C)C(=O)N1C2OC(=O)C(C)(C)C2C=CN1S(=O)(=O)C(F)(F)F. The molecule has 24 heavy (non-hydrogen) atoms. The lowest BCUT2D eigenvalue weighted by Crippen LogP contribution is -2.59. The Balaban J connectivity index is 2.60. The van der Waals surface area contributed by atoms with Gasteiger partial charge in [-0.3, -0.25) is 9.59 Å². The van der Waals surface area contributed by atoms with Crippen LogP contribution < -0.4 is 0 Å². The molecule has 7 nitrogen and oxygen atoms in total. The van der Waals surface area contributed by atoms with Crippen LogP contribution >= 0.6 is 0 Å². The topological polar surface area (TPSA) is 84.0 Å². The van der Waals surface area contributed by atoms with E-state index in [-0.39, 0.29) is 4.41 Å². The second kappa shape index (κ2) is 5.36. The highest BCUT2D eigenvalue weighted by molar-refractivity contribution is 7.90. The van der Waals surface area contributed by atoms with Crippen LogP contribution in [0, 0.1) is 17.3 Å².